The predicted octanol–water partition coefficient (Wildman–Crippen LogP) is 4.12. The molecule has 0 saturated heterocycles. The van der Waals surface area contributed by atoms with Crippen LogP contribution in [-0.4, -0.2) is 36.3 Å². The van der Waals surface area contributed by atoms with E-state index >= 15 is 0 Å². The van der Waals surface area contributed by atoms with E-state index in [0.717, 1.165) is 23.1 Å². The summed E-state index contributed by atoms with van der Waals surface area (Å²) in [5.41, 5.74) is 2.56. The smallest absolute Gasteiger partial charge is 0.258 e. The fourth-order valence-corrected chi connectivity index (χ4v) is 4.64. The Balaban J connectivity index is 1.33. The molecule has 180 valence electrons. The summed E-state index contributed by atoms with van der Waals surface area (Å²) in [6.45, 7) is 1.85. The Labute approximate surface area is 208 Å². The number of aromatic nitrogens is 6. The number of H-pyrrole nitrogens is 1. The maximum absolute atomic E-state index is 13.6. The molecule has 4 heterocycles. The van der Waals surface area contributed by atoms with E-state index in [1.54, 1.807) is 30.5 Å². The molecule has 0 radical (unpaired) electrons. The van der Waals surface area contributed by atoms with E-state index in [9.17, 15) is 13.6 Å². The third-order valence-electron chi connectivity index (χ3n) is 6.11. The van der Waals surface area contributed by atoms with Gasteiger partial charge in [-0.1, -0.05) is 17.7 Å². The molecule has 1 aliphatic heterocycles. The van der Waals surface area contributed by atoms with Gasteiger partial charge in [0.2, 0.25) is 0 Å². The molecule has 6 rings (SSSR count). The lowest BCUT2D eigenvalue weighted by molar-refractivity contribution is 0.513. The van der Waals surface area contributed by atoms with Gasteiger partial charge in [-0.3, -0.25) is 9.78 Å². The zero-order valence-electron chi connectivity index (χ0n) is 18.8. The number of pyridine rings is 1. The molecular weight excluding hydrogens is 488 g/mol. The van der Waals surface area contributed by atoms with Gasteiger partial charge in [-0.15, -0.1) is 0 Å². The van der Waals surface area contributed by atoms with Gasteiger partial charge < -0.3 is 9.88 Å². The average molecular weight is 506 g/mol. The van der Waals surface area contributed by atoms with Crippen LogP contribution in [-0.2, 0) is 19.5 Å². The molecule has 0 unspecified atom stereocenters. The number of aromatic amines is 1. The summed E-state index contributed by atoms with van der Waals surface area (Å²) in [6.07, 6.45) is 3.44. The van der Waals surface area contributed by atoms with Crippen molar-refractivity contribution >= 4 is 28.2 Å². The number of anilines is 1. The maximum atomic E-state index is 13.6. The van der Waals surface area contributed by atoms with Crippen LogP contribution in [0.5, 0.6) is 0 Å². The minimum Gasteiger partial charge on any atom is -0.360 e. The van der Waals surface area contributed by atoms with E-state index < -0.39 is 11.6 Å². The van der Waals surface area contributed by atoms with Crippen LogP contribution in [0.1, 0.15) is 17.2 Å². The van der Waals surface area contributed by atoms with Gasteiger partial charge in [-0.05, 0) is 35.9 Å². The summed E-state index contributed by atoms with van der Waals surface area (Å²) in [7, 11) is 0. The van der Waals surface area contributed by atoms with Crippen molar-refractivity contribution < 1.29 is 8.78 Å². The largest absolute Gasteiger partial charge is 0.360 e. The third kappa shape index (κ3) is 4.20. The SMILES string of the molecule is O=c1[nH]c(Cc2ccc(-c3cc(F)cc(F)c3)nc2)nc2c(N3CCn4ncnc4C3)cc(Cl)cc12. The van der Waals surface area contributed by atoms with Crippen LogP contribution in [0.4, 0.5) is 14.5 Å². The molecule has 2 aromatic carbocycles. The van der Waals surface area contributed by atoms with Gasteiger partial charge in [0.25, 0.3) is 5.56 Å². The quantitative estimate of drug-likeness (QED) is 0.395. The number of halogens is 3. The number of hydrogen-bond acceptors (Lipinski definition) is 6. The Hall–Kier alpha value is -4.18. The third-order valence-corrected chi connectivity index (χ3v) is 6.33. The topological polar surface area (TPSA) is 92.6 Å². The number of fused-ring (bicyclic) bond motifs is 2. The van der Waals surface area contributed by atoms with E-state index in [1.165, 1.54) is 18.5 Å². The lowest BCUT2D eigenvalue weighted by Gasteiger charge is -2.29. The molecule has 0 fully saturated rings. The number of nitrogens with one attached hydrogen (secondary N) is 1. The first-order chi connectivity index (χ1) is 17.4. The van der Waals surface area contributed by atoms with Crippen molar-refractivity contribution in [1.29, 1.82) is 0 Å². The fourth-order valence-electron chi connectivity index (χ4n) is 4.42. The summed E-state index contributed by atoms with van der Waals surface area (Å²) in [6, 6.07) is 10.1. The van der Waals surface area contributed by atoms with Crippen LogP contribution in [0, 0.1) is 11.6 Å². The Morgan fingerprint density at radius 2 is 1.86 bits per heavy atom. The highest BCUT2D eigenvalue weighted by molar-refractivity contribution is 6.31. The molecule has 36 heavy (non-hydrogen) atoms. The summed E-state index contributed by atoms with van der Waals surface area (Å²) in [5.74, 6) is -0.0521. The minimum atomic E-state index is -0.668. The van der Waals surface area contributed by atoms with Gasteiger partial charge in [0.1, 0.15) is 35.1 Å². The van der Waals surface area contributed by atoms with E-state index in [-0.39, 0.29) is 5.56 Å². The van der Waals surface area contributed by atoms with E-state index in [4.69, 9.17) is 16.6 Å². The van der Waals surface area contributed by atoms with Crippen molar-refractivity contribution in [3.63, 3.8) is 0 Å². The van der Waals surface area contributed by atoms with Crippen LogP contribution in [0.3, 0.4) is 0 Å². The Kier molecular flexibility index (Phi) is 5.45. The van der Waals surface area contributed by atoms with E-state index in [1.807, 2.05) is 4.68 Å². The fraction of sp³-hybridized carbons (Fsp3) is 0.160. The van der Waals surface area contributed by atoms with Gasteiger partial charge in [-0.25, -0.2) is 23.4 Å². The molecule has 0 aliphatic carbocycles. The Bertz CT molecular complexity index is 1650. The molecule has 11 heteroatoms. The number of rotatable bonds is 4. The molecule has 0 amide bonds. The Morgan fingerprint density at radius 1 is 1.03 bits per heavy atom. The molecule has 0 bridgehead atoms. The second kappa shape index (κ2) is 8.80. The van der Waals surface area contributed by atoms with Crippen molar-refractivity contribution in [2.24, 2.45) is 0 Å². The minimum absolute atomic E-state index is 0.293. The molecule has 1 aliphatic rings. The van der Waals surface area contributed by atoms with Crippen LogP contribution >= 0.6 is 11.6 Å². The van der Waals surface area contributed by atoms with Crippen molar-refractivity contribution in [1.82, 2.24) is 29.7 Å². The van der Waals surface area contributed by atoms with E-state index in [0.29, 0.717) is 59.1 Å². The van der Waals surface area contributed by atoms with E-state index in [2.05, 4.69) is 25.0 Å². The average Bonchev–Trinajstić information content (AvgIpc) is 3.32. The number of hydrogen-bond donors (Lipinski definition) is 1. The first-order valence-corrected chi connectivity index (χ1v) is 11.6. The standard InChI is InChI=1S/C25H18ClF2N7O/c26-16-8-19-24(21(9-16)34-3-4-35-23(12-34)30-13-31-35)32-22(33-25(19)36)5-14-1-2-20(29-11-14)15-6-17(27)10-18(28)7-15/h1-2,6-11,13H,3-5,12H2,(H,32,33,36). The lowest BCUT2D eigenvalue weighted by atomic mass is 10.1. The summed E-state index contributed by atoms with van der Waals surface area (Å²) in [5, 5.41) is 5.05. The molecule has 1 N–H and O–H groups in total. The zero-order chi connectivity index (χ0) is 24.8. The van der Waals surface area contributed by atoms with Crippen LogP contribution in [0.15, 0.2) is 59.8 Å². The molecular formula is C25H18ClF2N7O. The van der Waals surface area contributed by atoms with Gasteiger partial charge >= 0.3 is 0 Å². The highest BCUT2D eigenvalue weighted by Gasteiger charge is 2.22. The molecule has 0 spiro atoms. The molecule has 8 nitrogen and oxygen atoms in total. The summed E-state index contributed by atoms with van der Waals surface area (Å²) >= 11 is 6.35. The predicted molar refractivity (Wildman–Crippen MR) is 131 cm³/mol. The van der Waals surface area contributed by atoms with Crippen molar-refractivity contribution in [3.05, 3.63) is 99.2 Å². The summed E-state index contributed by atoms with van der Waals surface area (Å²) < 4.78 is 29.0. The van der Waals surface area contributed by atoms with Crippen molar-refractivity contribution in [2.75, 3.05) is 11.4 Å². The van der Waals surface area contributed by atoms with Crippen LogP contribution in [0.25, 0.3) is 22.2 Å². The van der Waals surface area contributed by atoms with Gasteiger partial charge in [0.15, 0.2) is 0 Å². The highest BCUT2D eigenvalue weighted by Crippen LogP contribution is 2.30. The highest BCUT2D eigenvalue weighted by atomic mass is 35.5. The normalized spacial score (nSPS) is 13.2. The first kappa shape index (κ1) is 22.3. The number of nitrogens with zero attached hydrogens (tertiary/aromatic N) is 6. The second-order valence-electron chi connectivity index (χ2n) is 8.54. The maximum Gasteiger partial charge on any atom is 0.258 e. The lowest BCUT2D eigenvalue weighted by Crippen LogP contribution is -2.34. The van der Waals surface area contributed by atoms with Gasteiger partial charge in [0.05, 0.1) is 29.9 Å². The second-order valence-corrected chi connectivity index (χ2v) is 8.98. The summed E-state index contributed by atoms with van der Waals surface area (Å²) in [4.78, 5) is 31.3. The van der Waals surface area contributed by atoms with Gasteiger partial charge in [0, 0.05) is 35.8 Å². The molecule has 0 atom stereocenters. The molecule has 0 saturated carbocycles. The van der Waals surface area contributed by atoms with Gasteiger partial charge in [-0.2, -0.15) is 5.10 Å². The number of benzene rings is 2. The van der Waals surface area contributed by atoms with Crippen molar-refractivity contribution in [3.8, 4) is 11.3 Å². The molecule has 3 aromatic heterocycles. The zero-order valence-corrected chi connectivity index (χ0v) is 19.5. The monoisotopic (exact) mass is 505 g/mol. The van der Waals surface area contributed by atoms with Crippen molar-refractivity contribution in [2.45, 2.75) is 19.5 Å². The van der Waals surface area contributed by atoms with Crippen LogP contribution < -0.4 is 10.5 Å². The Morgan fingerprint density at radius 3 is 2.64 bits per heavy atom. The van der Waals surface area contributed by atoms with Crippen LogP contribution in [0.2, 0.25) is 5.02 Å². The first-order valence-electron chi connectivity index (χ1n) is 11.2. The molecule has 5 aromatic rings.